The Hall–Kier alpha value is -2.87. The monoisotopic (exact) mass is 402 g/mol. The number of carbonyl (C=O) groups is 3. The van der Waals surface area contributed by atoms with Crippen LogP contribution in [0.3, 0.4) is 0 Å². The van der Waals surface area contributed by atoms with Crippen LogP contribution in [0.5, 0.6) is 0 Å². The van der Waals surface area contributed by atoms with Gasteiger partial charge in [-0.2, -0.15) is 0 Å². The number of hydroxylamine groups is 1. The Bertz CT molecular complexity index is 861. The molecule has 0 saturated carbocycles. The molecule has 8 nitrogen and oxygen atoms in total. The summed E-state index contributed by atoms with van der Waals surface area (Å²) in [6, 6.07) is 7.05. The molecule has 0 fully saturated rings. The Labute approximate surface area is 170 Å². The number of carbonyl (C=O) groups excluding carboxylic acids is 3. The number of benzene rings is 1. The Morgan fingerprint density at radius 1 is 1.21 bits per heavy atom. The van der Waals surface area contributed by atoms with Crippen molar-refractivity contribution in [2.24, 2.45) is 11.8 Å². The number of nitrogens with zero attached hydrogens (tertiary/aromatic N) is 1. The van der Waals surface area contributed by atoms with Gasteiger partial charge in [-0.1, -0.05) is 32.0 Å². The van der Waals surface area contributed by atoms with Crippen LogP contribution in [-0.4, -0.2) is 52.9 Å². The molecule has 1 heterocycles. The maximum atomic E-state index is 13.2. The molecule has 0 radical (unpaired) electrons. The summed E-state index contributed by atoms with van der Waals surface area (Å²) in [6.45, 7) is 3.92. The van der Waals surface area contributed by atoms with Crippen molar-refractivity contribution in [2.75, 3.05) is 14.1 Å². The first-order valence-corrected chi connectivity index (χ1v) is 9.74. The van der Waals surface area contributed by atoms with E-state index in [2.05, 4.69) is 10.3 Å². The zero-order chi connectivity index (χ0) is 21.6. The molecule has 2 atom stereocenters. The van der Waals surface area contributed by atoms with Gasteiger partial charge < -0.3 is 15.2 Å². The number of aromatic nitrogens is 1. The third-order valence-electron chi connectivity index (χ3n) is 5.11. The van der Waals surface area contributed by atoms with Crippen molar-refractivity contribution in [3.05, 3.63) is 36.0 Å². The quantitative estimate of drug-likeness (QED) is 0.378. The van der Waals surface area contributed by atoms with E-state index in [9.17, 15) is 14.4 Å². The lowest BCUT2D eigenvalue weighted by Crippen LogP contribution is -2.50. The van der Waals surface area contributed by atoms with Gasteiger partial charge in [-0.3, -0.25) is 19.6 Å². The second kappa shape index (κ2) is 10.1. The van der Waals surface area contributed by atoms with Crippen LogP contribution in [0.1, 0.15) is 32.3 Å². The van der Waals surface area contributed by atoms with Crippen molar-refractivity contribution in [1.29, 1.82) is 0 Å². The molecule has 2 aromatic rings. The fourth-order valence-electron chi connectivity index (χ4n) is 3.63. The molecule has 2 rings (SSSR count). The zero-order valence-corrected chi connectivity index (χ0v) is 17.4. The fraction of sp³-hybridized carbons (Fsp3) is 0.476. The molecule has 29 heavy (non-hydrogen) atoms. The Balaban J connectivity index is 2.28. The summed E-state index contributed by atoms with van der Waals surface area (Å²) < 4.78 is 0. The van der Waals surface area contributed by atoms with Crippen molar-refractivity contribution >= 4 is 28.6 Å². The fourth-order valence-corrected chi connectivity index (χ4v) is 3.63. The van der Waals surface area contributed by atoms with Gasteiger partial charge in [0.15, 0.2) is 0 Å². The van der Waals surface area contributed by atoms with Gasteiger partial charge in [-0.15, -0.1) is 0 Å². The van der Waals surface area contributed by atoms with E-state index in [-0.39, 0.29) is 24.2 Å². The number of likely N-dealkylation sites (N-methyl/N-ethyl adjacent to an activating group) is 2. The molecule has 3 amide bonds. The number of hydrogen-bond donors (Lipinski definition) is 4. The van der Waals surface area contributed by atoms with Crippen LogP contribution < -0.4 is 10.8 Å². The minimum atomic E-state index is -0.724. The number of hydrogen-bond acceptors (Lipinski definition) is 4. The van der Waals surface area contributed by atoms with Gasteiger partial charge >= 0.3 is 0 Å². The summed E-state index contributed by atoms with van der Waals surface area (Å²) in [6.07, 6.45) is 2.53. The molecule has 0 bridgehead atoms. The number of fused-ring (bicyclic) bond motifs is 1. The van der Waals surface area contributed by atoms with E-state index >= 15 is 0 Å². The summed E-state index contributed by atoms with van der Waals surface area (Å²) in [5, 5.41) is 12.5. The van der Waals surface area contributed by atoms with Gasteiger partial charge in [0.1, 0.15) is 6.04 Å². The molecule has 1 unspecified atom stereocenters. The van der Waals surface area contributed by atoms with E-state index in [4.69, 9.17) is 5.21 Å². The van der Waals surface area contributed by atoms with Crippen molar-refractivity contribution in [3.8, 4) is 0 Å². The third kappa shape index (κ3) is 5.57. The largest absolute Gasteiger partial charge is 0.361 e. The number of H-pyrrole nitrogens is 1. The Morgan fingerprint density at radius 3 is 2.52 bits per heavy atom. The molecule has 1 aromatic carbocycles. The first kappa shape index (κ1) is 22.4. The van der Waals surface area contributed by atoms with Crippen LogP contribution in [0, 0.1) is 11.8 Å². The topological polar surface area (TPSA) is 115 Å². The van der Waals surface area contributed by atoms with E-state index in [0.717, 1.165) is 16.5 Å². The lowest BCUT2D eigenvalue weighted by atomic mass is 9.91. The van der Waals surface area contributed by atoms with Crippen LogP contribution in [0.25, 0.3) is 10.9 Å². The van der Waals surface area contributed by atoms with Crippen LogP contribution in [0.4, 0.5) is 0 Å². The number of aromatic amines is 1. The first-order valence-electron chi connectivity index (χ1n) is 9.74. The highest BCUT2D eigenvalue weighted by atomic mass is 16.5. The van der Waals surface area contributed by atoms with E-state index in [1.807, 2.05) is 44.3 Å². The third-order valence-corrected chi connectivity index (χ3v) is 5.11. The highest BCUT2D eigenvalue weighted by molar-refractivity contribution is 5.91. The lowest BCUT2D eigenvalue weighted by molar-refractivity contribution is -0.144. The summed E-state index contributed by atoms with van der Waals surface area (Å²) in [5.74, 6) is -1.64. The SMILES string of the molecule is CNC(=O)[C@H](Cc1c[nH]c2ccccc12)N(C)C(=O)C(CC(=O)NO)CC(C)C. The van der Waals surface area contributed by atoms with Gasteiger partial charge in [0.2, 0.25) is 17.7 Å². The molecule has 0 aliphatic carbocycles. The molecule has 4 N–H and O–H groups in total. The molecule has 1 aromatic heterocycles. The average molecular weight is 402 g/mol. The van der Waals surface area contributed by atoms with Crippen molar-refractivity contribution in [1.82, 2.24) is 20.7 Å². The molecule has 0 aliphatic rings. The second-order valence-corrected chi connectivity index (χ2v) is 7.71. The normalized spacial score (nSPS) is 13.2. The number of amides is 3. The smallest absolute Gasteiger partial charge is 0.244 e. The van der Waals surface area contributed by atoms with E-state index < -0.39 is 17.9 Å². The zero-order valence-electron chi connectivity index (χ0n) is 17.4. The van der Waals surface area contributed by atoms with Crippen LogP contribution in [0.15, 0.2) is 30.5 Å². The predicted octanol–water partition coefficient (Wildman–Crippen LogP) is 1.84. The molecule has 8 heteroatoms. The minimum absolute atomic E-state index is 0.134. The number of nitrogens with one attached hydrogen (secondary N) is 3. The van der Waals surface area contributed by atoms with Gasteiger partial charge in [0.05, 0.1) is 0 Å². The molecule has 0 aliphatic heterocycles. The number of para-hydroxylation sites is 1. The molecule has 158 valence electrons. The summed E-state index contributed by atoms with van der Waals surface area (Å²) >= 11 is 0. The lowest BCUT2D eigenvalue weighted by Gasteiger charge is -2.30. The van der Waals surface area contributed by atoms with Crippen molar-refractivity contribution < 1.29 is 19.6 Å². The molecular formula is C21H30N4O4. The molecule has 0 spiro atoms. The van der Waals surface area contributed by atoms with Gasteiger partial charge in [0.25, 0.3) is 0 Å². The van der Waals surface area contributed by atoms with E-state index in [1.165, 1.54) is 11.9 Å². The van der Waals surface area contributed by atoms with Crippen molar-refractivity contribution in [2.45, 2.75) is 39.2 Å². The highest BCUT2D eigenvalue weighted by Crippen LogP contribution is 2.23. The predicted molar refractivity (Wildman–Crippen MR) is 110 cm³/mol. The summed E-state index contributed by atoms with van der Waals surface area (Å²) in [4.78, 5) is 42.0. The van der Waals surface area contributed by atoms with Crippen LogP contribution >= 0.6 is 0 Å². The molecular weight excluding hydrogens is 372 g/mol. The van der Waals surface area contributed by atoms with E-state index in [1.54, 1.807) is 12.5 Å². The maximum absolute atomic E-state index is 13.2. The van der Waals surface area contributed by atoms with Crippen LogP contribution in [-0.2, 0) is 20.8 Å². The van der Waals surface area contributed by atoms with Crippen molar-refractivity contribution in [3.63, 3.8) is 0 Å². The van der Waals surface area contributed by atoms with E-state index in [0.29, 0.717) is 12.8 Å². The van der Waals surface area contributed by atoms with Gasteiger partial charge in [-0.25, -0.2) is 5.48 Å². The number of rotatable bonds is 9. The summed E-state index contributed by atoms with van der Waals surface area (Å²) in [5.41, 5.74) is 3.48. The van der Waals surface area contributed by atoms with Gasteiger partial charge in [-0.05, 0) is 24.0 Å². The second-order valence-electron chi connectivity index (χ2n) is 7.71. The first-order chi connectivity index (χ1) is 13.8. The van der Waals surface area contributed by atoms with Gasteiger partial charge in [0, 0.05) is 50.0 Å². The summed E-state index contributed by atoms with van der Waals surface area (Å²) in [7, 11) is 3.12. The minimum Gasteiger partial charge on any atom is -0.361 e. The highest BCUT2D eigenvalue weighted by Gasteiger charge is 2.32. The maximum Gasteiger partial charge on any atom is 0.244 e. The standard InChI is InChI=1S/C21H30N4O4/c1-13(2)9-14(11-19(26)24-29)21(28)25(4)18(20(27)22-3)10-15-12-23-17-8-6-5-7-16(15)17/h5-8,12-14,18,23,29H,9-11H2,1-4H3,(H,22,27)(H,24,26)/t14?,18-/m0/s1. The average Bonchev–Trinajstić information content (AvgIpc) is 3.12. The Morgan fingerprint density at radius 2 is 1.90 bits per heavy atom. The Kier molecular flexibility index (Phi) is 7.78. The molecule has 0 saturated heterocycles. The van der Waals surface area contributed by atoms with Crippen LogP contribution in [0.2, 0.25) is 0 Å².